The van der Waals surface area contributed by atoms with Crippen LogP contribution in [0, 0.1) is 11.3 Å². The first kappa shape index (κ1) is 20.6. The molecule has 0 saturated carbocycles. The van der Waals surface area contributed by atoms with Crippen molar-refractivity contribution in [2.24, 2.45) is 0 Å². The molecule has 1 aliphatic carbocycles. The summed E-state index contributed by atoms with van der Waals surface area (Å²) in [5.41, 5.74) is 0.306. The van der Waals surface area contributed by atoms with E-state index in [1.165, 1.54) is 12.3 Å². The zero-order valence-corrected chi connectivity index (χ0v) is 17.4. The van der Waals surface area contributed by atoms with Crippen molar-refractivity contribution >= 4 is 11.6 Å². The zero-order chi connectivity index (χ0) is 22.3. The predicted molar refractivity (Wildman–Crippen MR) is 110 cm³/mol. The van der Waals surface area contributed by atoms with Crippen molar-refractivity contribution in [3.8, 4) is 29.3 Å². The molecule has 2 N–H and O–H groups in total. The van der Waals surface area contributed by atoms with E-state index < -0.39 is 16.9 Å². The Balaban J connectivity index is 1.84. The van der Waals surface area contributed by atoms with Crippen molar-refractivity contribution in [1.29, 1.82) is 5.26 Å². The molecule has 1 aliphatic rings. The number of aromatic amines is 1. The number of nitrogens with one attached hydrogen (secondary N) is 1. The second-order valence-corrected chi connectivity index (χ2v) is 7.74. The topological polar surface area (TPSA) is 147 Å². The largest absolute Gasteiger partial charge is 0.504 e. The molecule has 158 valence electrons. The highest BCUT2D eigenvalue weighted by Crippen LogP contribution is 2.41. The SMILES string of the molecule is CC(C)c1nc(Oc2c(Cl)cc(-n3nc(C#N)c(=O)[nH]c3=O)c3c2CCC3)ncc1O. The fraction of sp³-hybridized carbons (Fsp3) is 0.300. The number of nitriles is 1. The van der Waals surface area contributed by atoms with Gasteiger partial charge in [-0.2, -0.15) is 19.9 Å². The molecule has 0 saturated heterocycles. The Morgan fingerprint density at radius 2 is 2.06 bits per heavy atom. The molecule has 2 aromatic heterocycles. The first-order valence-electron chi connectivity index (χ1n) is 9.52. The lowest BCUT2D eigenvalue weighted by atomic mass is 10.1. The Morgan fingerprint density at radius 3 is 2.77 bits per heavy atom. The van der Waals surface area contributed by atoms with Crippen LogP contribution < -0.4 is 16.0 Å². The molecule has 0 aliphatic heterocycles. The monoisotopic (exact) mass is 440 g/mol. The van der Waals surface area contributed by atoms with Crippen LogP contribution in [0.15, 0.2) is 21.9 Å². The molecule has 0 fully saturated rings. The highest BCUT2D eigenvalue weighted by Gasteiger charge is 2.26. The molecule has 4 rings (SSSR count). The lowest BCUT2D eigenvalue weighted by molar-refractivity contribution is 0.414. The van der Waals surface area contributed by atoms with E-state index in [4.69, 9.17) is 21.6 Å². The smallest absolute Gasteiger partial charge is 0.349 e. The van der Waals surface area contributed by atoms with E-state index in [1.807, 2.05) is 13.8 Å². The molecule has 0 bridgehead atoms. The number of fused-ring (bicyclic) bond motifs is 1. The summed E-state index contributed by atoms with van der Waals surface area (Å²) in [5, 5.41) is 23.1. The van der Waals surface area contributed by atoms with Crippen molar-refractivity contribution < 1.29 is 9.84 Å². The van der Waals surface area contributed by atoms with Crippen molar-refractivity contribution in [2.45, 2.75) is 39.0 Å². The van der Waals surface area contributed by atoms with Crippen LogP contribution in [0.3, 0.4) is 0 Å². The average Bonchev–Trinajstić information content (AvgIpc) is 3.21. The van der Waals surface area contributed by atoms with Gasteiger partial charge in [-0.15, -0.1) is 5.10 Å². The van der Waals surface area contributed by atoms with E-state index >= 15 is 0 Å². The van der Waals surface area contributed by atoms with Gasteiger partial charge in [-0.25, -0.2) is 4.79 Å². The molecule has 31 heavy (non-hydrogen) atoms. The quantitative estimate of drug-likeness (QED) is 0.628. The number of aromatic hydroxyl groups is 1. The molecule has 0 amide bonds. The molecule has 1 aromatic carbocycles. The van der Waals surface area contributed by atoms with Crippen LogP contribution in [-0.2, 0) is 12.8 Å². The third kappa shape index (κ3) is 3.64. The van der Waals surface area contributed by atoms with E-state index in [0.29, 0.717) is 30.0 Å². The maximum absolute atomic E-state index is 12.3. The molecule has 3 aromatic rings. The third-order valence-corrected chi connectivity index (χ3v) is 5.24. The van der Waals surface area contributed by atoms with Crippen molar-refractivity contribution in [1.82, 2.24) is 24.7 Å². The summed E-state index contributed by atoms with van der Waals surface area (Å²) in [6.45, 7) is 3.77. The van der Waals surface area contributed by atoms with Crippen molar-refractivity contribution in [3.05, 3.63) is 60.6 Å². The van der Waals surface area contributed by atoms with Gasteiger partial charge in [0.25, 0.3) is 5.56 Å². The maximum Gasteiger partial charge on any atom is 0.349 e. The first-order valence-corrected chi connectivity index (χ1v) is 9.90. The minimum atomic E-state index is -0.850. The second kappa shape index (κ2) is 7.85. The van der Waals surface area contributed by atoms with E-state index in [2.05, 4.69) is 20.1 Å². The summed E-state index contributed by atoms with van der Waals surface area (Å²) in [6, 6.07) is 3.21. The van der Waals surface area contributed by atoms with Gasteiger partial charge in [0, 0.05) is 5.56 Å². The Morgan fingerprint density at radius 1 is 1.32 bits per heavy atom. The van der Waals surface area contributed by atoms with Gasteiger partial charge >= 0.3 is 11.7 Å². The summed E-state index contributed by atoms with van der Waals surface area (Å²) in [4.78, 5) is 34.4. The second-order valence-electron chi connectivity index (χ2n) is 7.33. The van der Waals surface area contributed by atoms with Crippen molar-refractivity contribution in [2.75, 3.05) is 0 Å². The van der Waals surface area contributed by atoms with Crippen LogP contribution >= 0.6 is 11.6 Å². The summed E-state index contributed by atoms with van der Waals surface area (Å²) >= 11 is 6.49. The molecule has 0 radical (unpaired) electrons. The lowest BCUT2D eigenvalue weighted by Crippen LogP contribution is -2.33. The number of ether oxygens (including phenoxy) is 1. The Bertz CT molecular complexity index is 1360. The van der Waals surface area contributed by atoms with Crippen LogP contribution in [0.4, 0.5) is 0 Å². The van der Waals surface area contributed by atoms with Crippen LogP contribution in [0.1, 0.15) is 48.7 Å². The molecule has 10 nitrogen and oxygen atoms in total. The summed E-state index contributed by atoms with van der Waals surface area (Å²) in [6.07, 6.45) is 3.32. The summed E-state index contributed by atoms with van der Waals surface area (Å²) in [7, 11) is 0. The van der Waals surface area contributed by atoms with Gasteiger partial charge in [0.15, 0.2) is 11.5 Å². The van der Waals surface area contributed by atoms with Crippen LogP contribution in [0.5, 0.6) is 17.5 Å². The van der Waals surface area contributed by atoms with Gasteiger partial charge in [0.1, 0.15) is 6.07 Å². The fourth-order valence-electron chi connectivity index (χ4n) is 3.57. The number of benzene rings is 1. The number of H-pyrrole nitrogens is 1. The standard InChI is InChI=1S/C20H17ClN6O4/c1-9(2)16-15(28)8-23-19(24-16)31-17-11-5-3-4-10(11)14(6-12(17)21)27-20(30)25-18(29)13(7-22)26-27/h6,8-9,28H,3-5H2,1-2H3,(H,25,29,30). The van der Waals surface area contributed by atoms with Gasteiger partial charge in [-0.3, -0.25) is 9.78 Å². The van der Waals surface area contributed by atoms with Crippen LogP contribution in [0.25, 0.3) is 5.69 Å². The highest BCUT2D eigenvalue weighted by atomic mass is 35.5. The van der Waals surface area contributed by atoms with Gasteiger partial charge in [0.2, 0.25) is 5.69 Å². The van der Waals surface area contributed by atoms with Crippen molar-refractivity contribution in [3.63, 3.8) is 0 Å². The molecule has 2 heterocycles. The minimum absolute atomic E-state index is 0.0224. The number of rotatable bonds is 4. The van der Waals surface area contributed by atoms with E-state index in [-0.39, 0.29) is 22.7 Å². The molecule has 0 spiro atoms. The number of hydrogen-bond donors (Lipinski definition) is 2. The molecule has 11 heteroatoms. The molecular weight excluding hydrogens is 424 g/mol. The van der Waals surface area contributed by atoms with E-state index in [9.17, 15) is 14.7 Å². The average molecular weight is 441 g/mol. The summed E-state index contributed by atoms with van der Waals surface area (Å²) < 4.78 is 6.87. The van der Waals surface area contributed by atoms with E-state index in [0.717, 1.165) is 22.2 Å². The molecule has 0 atom stereocenters. The number of halogens is 1. The number of aromatic nitrogens is 5. The number of nitrogens with zero attached hydrogens (tertiary/aromatic N) is 5. The van der Waals surface area contributed by atoms with Gasteiger partial charge in [-0.1, -0.05) is 25.4 Å². The van der Waals surface area contributed by atoms with Crippen LogP contribution in [-0.4, -0.2) is 29.8 Å². The lowest BCUT2D eigenvalue weighted by Gasteiger charge is -2.16. The summed E-state index contributed by atoms with van der Waals surface area (Å²) in [5.74, 6) is 0.295. The highest BCUT2D eigenvalue weighted by molar-refractivity contribution is 6.32. The maximum atomic E-state index is 12.3. The molecule has 0 unspecified atom stereocenters. The Kier molecular flexibility index (Phi) is 5.20. The first-order chi connectivity index (χ1) is 14.8. The normalized spacial score (nSPS) is 12.6. The van der Waals surface area contributed by atoms with Gasteiger partial charge in [-0.05, 0) is 36.8 Å². The zero-order valence-electron chi connectivity index (χ0n) is 16.6. The van der Waals surface area contributed by atoms with Gasteiger partial charge < -0.3 is 9.84 Å². The Labute approximate surface area is 180 Å². The minimum Gasteiger partial charge on any atom is -0.504 e. The van der Waals surface area contributed by atoms with Gasteiger partial charge in [0.05, 0.1) is 22.6 Å². The van der Waals surface area contributed by atoms with E-state index in [1.54, 1.807) is 6.07 Å². The molecular formula is C20H17ClN6O4. The fourth-order valence-corrected chi connectivity index (χ4v) is 3.82. The predicted octanol–water partition coefficient (Wildman–Crippen LogP) is 2.35. The van der Waals surface area contributed by atoms with Crippen LogP contribution in [0.2, 0.25) is 5.02 Å². The third-order valence-electron chi connectivity index (χ3n) is 4.96. The number of hydrogen-bond acceptors (Lipinski definition) is 8. The Hall–Kier alpha value is -3.71.